The summed E-state index contributed by atoms with van der Waals surface area (Å²) in [5.41, 5.74) is 2.01. The Kier molecular flexibility index (Phi) is 5.88. The summed E-state index contributed by atoms with van der Waals surface area (Å²) in [5.74, 6) is 0. The number of nitrogens with zero attached hydrogens (tertiary/aromatic N) is 1. The van der Waals surface area contributed by atoms with Gasteiger partial charge in [0.05, 0.1) is 0 Å². The third-order valence-electron chi connectivity index (χ3n) is 5.05. The van der Waals surface area contributed by atoms with E-state index in [9.17, 15) is 4.79 Å². The van der Waals surface area contributed by atoms with Crippen molar-refractivity contribution in [3.63, 3.8) is 0 Å². The molecule has 1 amide bonds. The lowest BCUT2D eigenvalue weighted by Crippen LogP contribution is -2.42. The molecule has 5 nitrogen and oxygen atoms in total. The molecule has 0 atom stereocenters. The van der Waals surface area contributed by atoms with E-state index in [0.29, 0.717) is 6.04 Å². The molecular weight excluding hydrogens is 338 g/mol. The first-order valence-electron chi connectivity index (χ1n) is 9.97. The van der Waals surface area contributed by atoms with Crippen LogP contribution in [0, 0.1) is 0 Å². The van der Waals surface area contributed by atoms with Gasteiger partial charge in [-0.2, -0.15) is 0 Å². The van der Waals surface area contributed by atoms with Crippen molar-refractivity contribution in [2.45, 2.75) is 77.5 Å². The molecule has 0 bridgehead atoms. The number of carbonyl (C=O) groups excluding carboxylic acids is 1. The van der Waals surface area contributed by atoms with Crippen LogP contribution in [0.25, 0.3) is 10.8 Å². The van der Waals surface area contributed by atoms with Crippen LogP contribution in [-0.4, -0.2) is 28.8 Å². The number of hydrogen-bond donors (Lipinski definition) is 2. The number of aromatic nitrogens is 1. The van der Waals surface area contributed by atoms with Crippen LogP contribution in [0.15, 0.2) is 30.6 Å². The number of amides is 1. The third kappa shape index (κ3) is 5.12. The molecule has 1 fully saturated rings. The van der Waals surface area contributed by atoms with Crippen LogP contribution in [0.5, 0.6) is 0 Å². The Labute approximate surface area is 161 Å². The molecule has 1 aromatic heterocycles. The number of nitrogens with one attached hydrogen (secondary N) is 2. The SMILES string of the molecule is CCc1cncc2cccc(NC3CCC(NC(=O)OC(C)(C)C)CC3)c12. The van der Waals surface area contributed by atoms with Crippen LogP contribution < -0.4 is 10.6 Å². The highest BCUT2D eigenvalue weighted by Gasteiger charge is 2.25. The minimum absolute atomic E-state index is 0.195. The number of hydrogen-bond acceptors (Lipinski definition) is 4. The van der Waals surface area contributed by atoms with Crippen LogP contribution in [0.3, 0.4) is 0 Å². The Morgan fingerprint density at radius 3 is 2.52 bits per heavy atom. The highest BCUT2D eigenvalue weighted by atomic mass is 16.6. The maximum absolute atomic E-state index is 12.0. The van der Waals surface area contributed by atoms with Gasteiger partial charge in [-0.15, -0.1) is 0 Å². The van der Waals surface area contributed by atoms with E-state index in [4.69, 9.17) is 4.74 Å². The van der Waals surface area contributed by atoms with Gasteiger partial charge in [-0.1, -0.05) is 19.1 Å². The smallest absolute Gasteiger partial charge is 0.407 e. The summed E-state index contributed by atoms with van der Waals surface area (Å²) in [5, 5.41) is 9.21. The van der Waals surface area contributed by atoms with E-state index >= 15 is 0 Å². The molecular formula is C22H31N3O2. The van der Waals surface area contributed by atoms with Gasteiger partial charge < -0.3 is 15.4 Å². The summed E-state index contributed by atoms with van der Waals surface area (Å²) in [7, 11) is 0. The monoisotopic (exact) mass is 369 g/mol. The maximum Gasteiger partial charge on any atom is 0.407 e. The Bertz CT molecular complexity index is 784. The number of pyridine rings is 1. The van der Waals surface area contributed by atoms with Crippen molar-refractivity contribution < 1.29 is 9.53 Å². The van der Waals surface area contributed by atoms with Crippen molar-refractivity contribution >= 4 is 22.6 Å². The molecule has 146 valence electrons. The minimum atomic E-state index is -0.455. The Morgan fingerprint density at radius 2 is 1.85 bits per heavy atom. The topological polar surface area (TPSA) is 63.2 Å². The number of alkyl carbamates (subject to hydrolysis) is 1. The van der Waals surface area contributed by atoms with Gasteiger partial charge in [-0.25, -0.2) is 4.79 Å². The highest BCUT2D eigenvalue weighted by molar-refractivity contribution is 5.96. The molecule has 0 unspecified atom stereocenters. The Morgan fingerprint density at radius 1 is 1.15 bits per heavy atom. The molecule has 0 saturated heterocycles. The molecule has 0 aliphatic heterocycles. The van der Waals surface area contributed by atoms with E-state index < -0.39 is 5.60 Å². The zero-order valence-electron chi connectivity index (χ0n) is 16.8. The van der Waals surface area contributed by atoms with Crippen LogP contribution in [0.1, 0.15) is 58.9 Å². The van der Waals surface area contributed by atoms with Crippen LogP contribution in [-0.2, 0) is 11.2 Å². The number of fused-ring (bicyclic) bond motifs is 1. The maximum atomic E-state index is 12.0. The summed E-state index contributed by atoms with van der Waals surface area (Å²) in [6, 6.07) is 6.98. The molecule has 0 radical (unpaired) electrons. The number of anilines is 1. The van der Waals surface area contributed by atoms with E-state index in [1.165, 1.54) is 22.0 Å². The average molecular weight is 370 g/mol. The summed E-state index contributed by atoms with van der Waals surface area (Å²) in [6.45, 7) is 7.83. The second kappa shape index (κ2) is 8.15. The third-order valence-corrected chi connectivity index (χ3v) is 5.05. The van der Waals surface area contributed by atoms with Crippen molar-refractivity contribution in [2.75, 3.05) is 5.32 Å². The van der Waals surface area contributed by atoms with Crippen molar-refractivity contribution in [3.05, 3.63) is 36.2 Å². The normalized spacial score (nSPS) is 20.3. The first kappa shape index (κ1) is 19.5. The average Bonchev–Trinajstić information content (AvgIpc) is 2.61. The number of benzene rings is 1. The molecule has 0 spiro atoms. The molecule has 27 heavy (non-hydrogen) atoms. The van der Waals surface area contributed by atoms with Gasteiger partial charge in [0, 0.05) is 40.9 Å². The summed E-state index contributed by atoms with van der Waals surface area (Å²) in [4.78, 5) is 16.3. The minimum Gasteiger partial charge on any atom is -0.444 e. The highest BCUT2D eigenvalue weighted by Crippen LogP contribution is 2.30. The predicted octanol–water partition coefficient (Wildman–Crippen LogP) is 5.05. The van der Waals surface area contributed by atoms with E-state index in [0.717, 1.165) is 32.1 Å². The molecule has 2 N–H and O–H groups in total. The van der Waals surface area contributed by atoms with E-state index in [-0.39, 0.29) is 12.1 Å². The molecule has 1 aromatic carbocycles. The van der Waals surface area contributed by atoms with Gasteiger partial charge in [-0.3, -0.25) is 4.98 Å². The van der Waals surface area contributed by atoms with Crippen LogP contribution in [0.2, 0.25) is 0 Å². The van der Waals surface area contributed by atoms with E-state index in [2.05, 4.69) is 40.7 Å². The van der Waals surface area contributed by atoms with Crippen LogP contribution >= 0.6 is 0 Å². The molecule has 1 aliphatic carbocycles. The molecule has 1 saturated carbocycles. The van der Waals surface area contributed by atoms with Gasteiger partial charge in [0.1, 0.15) is 5.60 Å². The number of ether oxygens (including phenoxy) is 1. The lowest BCUT2D eigenvalue weighted by atomic mass is 9.90. The Balaban J connectivity index is 1.60. The zero-order valence-corrected chi connectivity index (χ0v) is 16.8. The lowest BCUT2D eigenvalue weighted by molar-refractivity contribution is 0.0492. The lowest BCUT2D eigenvalue weighted by Gasteiger charge is -2.31. The van der Waals surface area contributed by atoms with Gasteiger partial charge in [0.2, 0.25) is 0 Å². The number of rotatable bonds is 4. The van der Waals surface area contributed by atoms with Crippen molar-refractivity contribution in [1.29, 1.82) is 0 Å². The van der Waals surface area contributed by atoms with E-state index in [1.807, 2.05) is 33.2 Å². The van der Waals surface area contributed by atoms with Gasteiger partial charge in [0.25, 0.3) is 0 Å². The van der Waals surface area contributed by atoms with Gasteiger partial charge >= 0.3 is 6.09 Å². The molecule has 1 heterocycles. The molecule has 2 aromatic rings. The first-order chi connectivity index (χ1) is 12.9. The summed E-state index contributed by atoms with van der Waals surface area (Å²) < 4.78 is 5.37. The summed E-state index contributed by atoms with van der Waals surface area (Å²) >= 11 is 0. The fraction of sp³-hybridized carbons (Fsp3) is 0.545. The largest absolute Gasteiger partial charge is 0.444 e. The fourth-order valence-corrected chi connectivity index (χ4v) is 3.77. The predicted molar refractivity (Wildman–Crippen MR) is 110 cm³/mol. The van der Waals surface area contributed by atoms with E-state index in [1.54, 1.807) is 0 Å². The van der Waals surface area contributed by atoms with Gasteiger partial charge in [0.15, 0.2) is 0 Å². The standard InChI is InChI=1S/C22H31N3O2/c1-5-15-13-23-14-16-7-6-8-19(20(15)16)24-17-9-11-18(12-10-17)25-21(26)27-22(2,3)4/h6-8,13-14,17-18,24H,5,9-12H2,1-4H3,(H,25,26). The molecule has 1 aliphatic rings. The molecule has 3 rings (SSSR count). The first-order valence-corrected chi connectivity index (χ1v) is 9.97. The number of carbonyl (C=O) groups is 1. The van der Waals surface area contributed by atoms with Crippen molar-refractivity contribution in [1.82, 2.24) is 10.3 Å². The summed E-state index contributed by atoms with van der Waals surface area (Å²) in [6.07, 6.45) is 8.54. The Hall–Kier alpha value is -2.30. The van der Waals surface area contributed by atoms with Crippen LogP contribution in [0.4, 0.5) is 10.5 Å². The second-order valence-corrected chi connectivity index (χ2v) is 8.39. The fourth-order valence-electron chi connectivity index (χ4n) is 3.77. The van der Waals surface area contributed by atoms with Crippen molar-refractivity contribution in [2.24, 2.45) is 0 Å². The zero-order chi connectivity index (χ0) is 19.4. The van der Waals surface area contributed by atoms with Gasteiger partial charge in [-0.05, 0) is 64.5 Å². The van der Waals surface area contributed by atoms with Crippen molar-refractivity contribution in [3.8, 4) is 0 Å². The molecule has 5 heteroatoms. The second-order valence-electron chi connectivity index (χ2n) is 8.39. The number of aryl methyl sites for hydroxylation is 1. The quantitative estimate of drug-likeness (QED) is 0.792.